The van der Waals surface area contributed by atoms with Crippen molar-refractivity contribution in [2.24, 2.45) is 5.92 Å². The average molecular weight is 249 g/mol. The number of hydrogen-bond acceptors (Lipinski definition) is 4. The number of aliphatic carboxylic acids is 1. The number of fused-ring (bicyclic) bond motifs is 1. The molecule has 0 saturated carbocycles. The largest absolute Gasteiger partial charge is 0.480 e. The number of carboxylic acids is 1. The van der Waals surface area contributed by atoms with Crippen molar-refractivity contribution in [3.05, 3.63) is 35.4 Å². The molecular formula is C13H15NO4. The highest BCUT2D eigenvalue weighted by molar-refractivity contribution is 5.94. The quantitative estimate of drug-likeness (QED) is 0.792. The van der Waals surface area contributed by atoms with Crippen molar-refractivity contribution >= 4 is 11.9 Å². The van der Waals surface area contributed by atoms with Crippen LogP contribution in [0.15, 0.2) is 24.3 Å². The van der Waals surface area contributed by atoms with E-state index in [-0.39, 0.29) is 5.92 Å². The molecule has 0 aliphatic carbocycles. The number of carbonyl (C=O) groups is 2. The highest BCUT2D eigenvalue weighted by Gasteiger charge is 2.34. The fourth-order valence-corrected chi connectivity index (χ4v) is 1.98. The van der Waals surface area contributed by atoms with Gasteiger partial charge in [0.25, 0.3) is 0 Å². The van der Waals surface area contributed by atoms with Crippen LogP contribution in [0.25, 0.3) is 0 Å². The predicted molar refractivity (Wildman–Crippen MR) is 64.0 cm³/mol. The van der Waals surface area contributed by atoms with Crippen molar-refractivity contribution in [3.63, 3.8) is 0 Å². The lowest BCUT2D eigenvalue weighted by molar-refractivity contribution is -0.141. The van der Waals surface area contributed by atoms with Gasteiger partial charge in [-0.2, -0.15) is 0 Å². The summed E-state index contributed by atoms with van der Waals surface area (Å²) in [6, 6.07) is 6.22. The second-order valence-corrected chi connectivity index (χ2v) is 4.60. The van der Waals surface area contributed by atoms with E-state index in [1.165, 1.54) is 0 Å². The molecule has 1 aromatic carbocycles. The van der Waals surface area contributed by atoms with E-state index in [4.69, 9.17) is 9.84 Å². The number of nitrogens with one attached hydrogen (secondary N) is 1. The van der Waals surface area contributed by atoms with Crippen LogP contribution in [-0.4, -0.2) is 23.1 Å². The summed E-state index contributed by atoms with van der Waals surface area (Å²) in [5.74, 6) is -1.48. The van der Waals surface area contributed by atoms with Gasteiger partial charge in [0.05, 0.1) is 5.56 Å². The lowest BCUT2D eigenvalue weighted by atomic mass is 10.0. The molecule has 5 heteroatoms. The molecule has 2 rings (SSSR count). The Morgan fingerprint density at radius 1 is 1.39 bits per heavy atom. The Bertz CT molecular complexity index is 484. The maximum Gasteiger partial charge on any atom is 0.340 e. The van der Waals surface area contributed by atoms with Crippen LogP contribution < -0.4 is 5.32 Å². The number of carbonyl (C=O) groups excluding carboxylic acids is 1. The number of carboxylic acid groups (broad SMARTS) is 1. The lowest BCUT2D eigenvalue weighted by Gasteiger charge is -2.22. The summed E-state index contributed by atoms with van der Waals surface area (Å²) >= 11 is 0. The van der Waals surface area contributed by atoms with Crippen molar-refractivity contribution in [2.75, 3.05) is 0 Å². The minimum atomic E-state index is -0.953. The molecule has 1 aliphatic rings. The van der Waals surface area contributed by atoms with Gasteiger partial charge in [-0.15, -0.1) is 0 Å². The van der Waals surface area contributed by atoms with Crippen LogP contribution in [0.1, 0.15) is 36.0 Å². The third-order valence-corrected chi connectivity index (χ3v) is 2.95. The first kappa shape index (κ1) is 12.6. The van der Waals surface area contributed by atoms with E-state index >= 15 is 0 Å². The molecule has 0 fully saturated rings. The summed E-state index contributed by atoms with van der Waals surface area (Å²) in [7, 11) is 0. The van der Waals surface area contributed by atoms with E-state index in [1.54, 1.807) is 38.1 Å². The van der Waals surface area contributed by atoms with Crippen molar-refractivity contribution in [3.8, 4) is 0 Å². The monoisotopic (exact) mass is 249 g/mol. The molecule has 5 nitrogen and oxygen atoms in total. The molecule has 1 aromatic rings. The summed E-state index contributed by atoms with van der Waals surface area (Å²) < 4.78 is 5.15. The lowest BCUT2D eigenvalue weighted by Crippen LogP contribution is -2.43. The maximum atomic E-state index is 11.6. The number of hydrogen-bond donors (Lipinski definition) is 2. The zero-order valence-electron chi connectivity index (χ0n) is 10.2. The third-order valence-electron chi connectivity index (χ3n) is 2.95. The summed E-state index contributed by atoms with van der Waals surface area (Å²) in [5.41, 5.74) is 1.18. The molecule has 0 spiro atoms. The minimum Gasteiger partial charge on any atom is -0.480 e. The molecule has 0 bridgehead atoms. The molecule has 2 atom stereocenters. The molecule has 1 aliphatic heterocycles. The first-order valence-electron chi connectivity index (χ1n) is 5.79. The van der Waals surface area contributed by atoms with E-state index in [0.717, 1.165) is 0 Å². The van der Waals surface area contributed by atoms with E-state index in [2.05, 4.69) is 5.32 Å². The van der Waals surface area contributed by atoms with Gasteiger partial charge >= 0.3 is 11.9 Å². The van der Waals surface area contributed by atoms with Gasteiger partial charge in [0.2, 0.25) is 0 Å². The van der Waals surface area contributed by atoms with Gasteiger partial charge in [0.1, 0.15) is 6.04 Å². The summed E-state index contributed by atoms with van der Waals surface area (Å²) in [5, 5.41) is 12.0. The standard InChI is InChI=1S/C13H15NO4/c1-7(2)10(12(15)16)14-11-8-5-3-4-6-9(8)13(17)18-11/h3-7,10-11,14H,1-2H3,(H,15,16). The Kier molecular flexibility index (Phi) is 3.34. The van der Waals surface area contributed by atoms with Crippen LogP contribution in [0.2, 0.25) is 0 Å². The minimum absolute atomic E-state index is 0.103. The van der Waals surface area contributed by atoms with Gasteiger partial charge in [-0.3, -0.25) is 10.1 Å². The number of esters is 1. The molecule has 1 heterocycles. The van der Waals surface area contributed by atoms with E-state index < -0.39 is 24.2 Å². The van der Waals surface area contributed by atoms with Crippen LogP contribution in [0.3, 0.4) is 0 Å². The second kappa shape index (κ2) is 4.78. The van der Waals surface area contributed by atoms with Crippen molar-refractivity contribution in [1.82, 2.24) is 5.32 Å². The normalized spacial score (nSPS) is 19.5. The molecular weight excluding hydrogens is 234 g/mol. The van der Waals surface area contributed by atoms with Gasteiger partial charge in [-0.25, -0.2) is 4.79 Å². The first-order valence-corrected chi connectivity index (χ1v) is 5.79. The molecule has 0 aromatic heterocycles. The predicted octanol–water partition coefficient (Wildman–Crippen LogP) is 1.55. The van der Waals surface area contributed by atoms with E-state index in [0.29, 0.717) is 11.1 Å². The Labute approximate surface area is 105 Å². The van der Waals surface area contributed by atoms with Gasteiger partial charge in [-0.1, -0.05) is 32.0 Å². The summed E-state index contributed by atoms with van der Waals surface area (Å²) in [4.78, 5) is 22.7. The molecule has 18 heavy (non-hydrogen) atoms. The van der Waals surface area contributed by atoms with Crippen LogP contribution in [0.5, 0.6) is 0 Å². The number of rotatable bonds is 4. The van der Waals surface area contributed by atoms with Gasteiger partial charge in [0, 0.05) is 5.56 Å². The molecule has 0 radical (unpaired) electrons. The van der Waals surface area contributed by atoms with Crippen molar-refractivity contribution in [2.45, 2.75) is 26.1 Å². The third kappa shape index (κ3) is 2.22. The van der Waals surface area contributed by atoms with Crippen LogP contribution >= 0.6 is 0 Å². The SMILES string of the molecule is CC(C)C(NC1OC(=O)c2ccccc21)C(=O)O. The first-order chi connectivity index (χ1) is 8.50. The topological polar surface area (TPSA) is 75.6 Å². The summed E-state index contributed by atoms with van der Waals surface area (Å²) in [6.07, 6.45) is -0.683. The highest BCUT2D eigenvalue weighted by Crippen LogP contribution is 2.29. The smallest absolute Gasteiger partial charge is 0.340 e. The van der Waals surface area contributed by atoms with Gasteiger partial charge in [-0.05, 0) is 12.0 Å². The van der Waals surface area contributed by atoms with Crippen molar-refractivity contribution < 1.29 is 19.4 Å². The number of benzene rings is 1. The van der Waals surface area contributed by atoms with E-state index in [9.17, 15) is 9.59 Å². The van der Waals surface area contributed by atoms with Gasteiger partial charge in [0.15, 0.2) is 6.23 Å². The second-order valence-electron chi connectivity index (χ2n) is 4.60. The van der Waals surface area contributed by atoms with Crippen LogP contribution in [0.4, 0.5) is 0 Å². The molecule has 96 valence electrons. The molecule has 0 saturated heterocycles. The number of ether oxygens (including phenoxy) is 1. The molecule has 2 N–H and O–H groups in total. The Morgan fingerprint density at radius 3 is 2.67 bits per heavy atom. The Balaban J connectivity index is 2.22. The molecule has 0 amide bonds. The maximum absolute atomic E-state index is 11.6. The van der Waals surface area contributed by atoms with Crippen molar-refractivity contribution in [1.29, 1.82) is 0 Å². The zero-order valence-corrected chi connectivity index (χ0v) is 10.2. The van der Waals surface area contributed by atoms with E-state index in [1.807, 2.05) is 0 Å². The highest BCUT2D eigenvalue weighted by atomic mass is 16.6. The Hall–Kier alpha value is -1.88. The van der Waals surface area contributed by atoms with Gasteiger partial charge < -0.3 is 9.84 Å². The fraction of sp³-hybridized carbons (Fsp3) is 0.385. The fourth-order valence-electron chi connectivity index (χ4n) is 1.98. The van der Waals surface area contributed by atoms with Crippen LogP contribution in [-0.2, 0) is 9.53 Å². The zero-order chi connectivity index (χ0) is 13.3. The average Bonchev–Trinajstić information content (AvgIpc) is 2.63. The number of cyclic esters (lactones) is 1. The summed E-state index contributed by atoms with van der Waals surface area (Å²) in [6.45, 7) is 3.60. The van der Waals surface area contributed by atoms with Crippen LogP contribution in [0, 0.1) is 5.92 Å². The molecule has 2 unspecified atom stereocenters. The Morgan fingerprint density at radius 2 is 2.06 bits per heavy atom.